The number of nitrogens with two attached hydrogens (primary N) is 1. The zero-order valence-electron chi connectivity index (χ0n) is 9.93. The molecule has 1 heterocycles. The molecule has 0 bridgehead atoms. The third-order valence-corrected chi connectivity index (χ3v) is 2.63. The lowest BCUT2D eigenvalue weighted by Gasteiger charge is -2.02. The summed E-state index contributed by atoms with van der Waals surface area (Å²) in [7, 11) is 0. The predicted molar refractivity (Wildman–Crippen MR) is 63.1 cm³/mol. The Bertz CT molecular complexity index is 542. The Labute approximate surface area is 103 Å². The van der Waals surface area contributed by atoms with Crippen molar-refractivity contribution in [1.82, 2.24) is 10.1 Å². The van der Waals surface area contributed by atoms with E-state index in [0.717, 1.165) is 5.56 Å². The molecule has 5 nitrogen and oxygen atoms in total. The monoisotopic (exact) mass is 251 g/mol. The quantitative estimate of drug-likeness (QED) is 0.861. The van der Waals surface area contributed by atoms with Gasteiger partial charge in [0.25, 0.3) is 0 Å². The van der Waals surface area contributed by atoms with Crippen molar-refractivity contribution in [2.75, 3.05) is 6.61 Å². The van der Waals surface area contributed by atoms with Gasteiger partial charge in [-0.2, -0.15) is 4.98 Å². The highest BCUT2D eigenvalue weighted by Crippen LogP contribution is 2.22. The maximum atomic E-state index is 13.0. The first-order valence-corrected chi connectivity index (χ1v) is 5.58. The molecule has 0 amide bonds. The Hall–Kier alpha value is -1.79. The molecule has 1 atom stereocenters. The molecule has 96 valence electrons. The lowest BCUT2D eigenvalue weighted by atomic mass is 10.1. The summed E-state index contributed by atoms with van der Waals surface area (Å²) < 4.78 is 18.0. The second-order valence-corrected chi connectivity index (χ2v) is 4.03. The van der Waals surface area contributed by atoms with Crippen molar-refractivity contribution < 1.29 is 14.0 Å². The van der Waals surface area contributed by atoms with E-state index in [9.17, 15) is 4.39 Å². The molecule has 0 fully saturated rings. The Balaban J connectivity index is 2.29. The lowest BCUT2D eigenvalue weighted by molar-refractivity contribution is 0.259. The summed E-state index contributed by atoms with van der Waals surface area (Å²) >= 11 is 0. The summed E-state index contributed by atoms with van der Waals surface area (Å²) in [5.41, 5.74) is 7.16. The number of aryl methyl sites for hydroxylation is 1. The fraction of sp³-hybridized carbons (Fsp3) is 0.333. The van der Waals surface area contributed by atoms with Crippen LogP contribution in [0.1, 0.15) is 23.9 Å². The minimum atomic E-state index is -0.489. The normalized spacial score (nSPS) is 12.7. The van der Waals surface area contributed by atoms with Crippen LogP contribution in [0.25, 0.3) is 11.4 Å². The summed E-state index contributed by atoms with van der Waals surface area (Å²) in [4.78, 5) is 4.15. The first-order valence-electron chi connectivity index (χ1n) is 5.58. The molecule has 0 spiro atoms. The summed E-state index contributed by atoms with van der Waals surface area (Å²) in [5.74, 6) is 0.329. The van der Waals surface area contributed by atoms with Gasteiger partial charge in [0.1, 0.15) is 5.82 Å². The number of nitrogens with zero attached hydrogens (tertiary/aromatic N) is 2. The van der Waals surface area contributed by atoms with Crippen molar-refractivity contribution >= 4 is 0 Å². The summed E-state index contributed by atoms with van der Waals surface area (Å²) in [6.45, 7) is 1.72. The minimum Gasteiger partial charge on any atom is -0.396 e. The SMILES string of the molecule is Cc1cc(F)ccc1-c1noc(C(N)CCO)n1. The fourth-order valence-corrected chi connectivity index (χ4v) is 1.64. The standard InChI is InChI=1S/C12H14FN3O2/c1-7-6-8(13)2-3-9(7)11-15-12(18-16-11)10(14)4-5-17/h2-3,6,10,17H,4-5,14H2,1H3. The maximum absolute atomic E-state index is 13.0. The van der Waals surface area contributed by atoms with Gasteiger partial charge in [-0.15, -0.1) is 0 Å². The summed E-state index contributed by atoms with van der Waals surface area (Å²) in [6.07, 6.45) is 0.351. The molecule has 0 aliphatic rings. The number of rotatable bonds is 4. The Kier molecular flexibility index (Phi) is 3.69. The van der Waals surface area contributed by atoms with Gasteiger partial charge in [0.15, 0.2) is 0 Å². The van der Waals surface area contributed by atoms with Gasteiger partial charge < -0.3 is 15.4 Å². The van der Waals surface area contributed by atoms with Crippen LogP contribution >= 0.6 is 0 Å². The molecule has 18 heavy (non-hydrogen) atoms. The number of hydrogen-bond acceptors (Lipinski definition) is 5. The number of aromatic nitrogens is 2. The van der Waals surface area contributed by atoms with Crippen LogP contribution in [0.2, 0.25) is 0 Å². The zero-order valence-corrected chi connectivity index (χ0v) is 9.93. The van der Waals surface area contributed by atoms with Gasteiger partial charge in [-0.05, 0) is 37.1 Å². The molecule has 2 rings (SSSR count). The highest BCUT2D eigenvalue weighted by atomic mass is 19.1. The van der Waals surface area contributed by atoms with E-state index in [0.29, 0.717) is 17.8 Å². The van der Waals surface area contributed by atoms with Crippen LogP contribution in [0, 0.1) is 12.7 Å². The van der Waals surface area contributed by atoms with Gasteiger partial charge >= 0.3 is 0 Å². The van der Waals surface area contributed by atoms with Crippen molar-refractivity contribution in [3.8, 4) is 11.4 Å². The Morgan fingerprint density at radius 2 is 2.28 bits per heavy atom. The number of halogens is 1. The number of aliphatic hydroxyl groups is 1. The van der Waals surface area contributed by atoms with Crippen molar-refractivity contribution in [3.05, 3.63) is 35.5 Å². The Morgan fingerprint density at radius 1 is 1.50 bits per heavy atom. The molecule has 2 aromatic rings. The molecule has 3 N–H and O–H groups in total. The third-order valence-electron chi connectivity index (χ3n) is 2.63. The molecule has 0 saturated heterocycles. The van der Waals surface area contributed by atoms with Crippen LogP contribution in [-0.4, -0.2) is 21.9 Å². The van der Waals surface area contributed by atoms with Gasteiger partial charge in [-0.1, -0.05) is 5.16 Å². The second kappa shape index (κ2) is 5.24. The topological polar surface area (TPSA) is 85.2 Å². The summed E-state index contributed by atoms with van der Waals surface area (Å²) in [5, 5.41) is 12.6. The molecular formula is C12H14FN3O2. The molecule has 6 heteroatoms. The number of aliphatic hydroxyl groups excluding tert-OH is 1. The predicted octanol–water partition coefficient (Wildman–Crippen LogP) is 1.57. The van der Waals surface area contributed by atoms with E-state index in [2.05, 4.69) is 10.1 Å². The van der Waals surface area contributed by atoms with E-state index in [-0.39, 0.29) is 18.3 Å². The van der Waals surface area contributed by atoms with Crippen LogP contribution in [0.5, 0.6) is 0 Å². The average Bonchev–Trinajstić information content (AvgIpc) is 2.78. The first-order chi connectivity index (χ1) is 8.61. The molecule has 0 aliphatic carbocycles. The molecule has 1 aromatic carbocycles. The van der Waals surface area contributed by atoms with Crippen LogP contribution in [0.15, 0.2) is 22.7 Å². The van der Waals surface area contributed by atoms with E-state index >= 15 is 0 Å². The molecule has 0 saturated carbocycles. The van der Waals surface area contributed by atoms with Crippen molar-refractivity contribution in [3.63, 3.8) is 0 Å². The van der Waals surface area contributed by atoms with E-state index in [1.165, 1.54) is 12.1 Å². The van der Waals surface area contributed by atoms with E-state index in [4.69, 9.17) is 15.4 Å². The highest BCUT2D eigenvalue weighted by molar-refractivity contribution is 5.59. The fourth-order valence-electron chi connectivity index (χ4n) is 1.64. The smallest absolute Gasteiger partial charge is 0.243 e. The largest absolute Gasteiger partial charge is 0.396 e. The first kappa shape index (κ1) is 12.7. The maximum Gasteiger partial charge on any atom is 0.243 e. The zero-order chi connectivity index (χ0) is 13.1. The Morgan fingerprint density at radius 3 is 2.94 bits per heavy atom. The van der Waals surface area contributed by atoms with Crippen LogP contribution in [0.3, 0.4) is 0 Å². The average molecular weight is 251 g/mol. The van der Waals surface area contributed by atoms with Crippen LogP contribution in [0.4, 0.5) is 4.39 Å². The third kappa shape index (κ3) is 2.55. The van der Waals surface area contributed by atoms with Crippen LogP contribution in [-0.2, 0) is 0 Å². The molecule has 0 radical (unpaired) electrons. The molecule has 1 unspecified atom stereocenters. The van der Waals surface area contributed by atoms with E-state index in [1.54, 1.807) is 13.0 Å². The van der Waals surface area contributed by atoms with Gasteiger partial charge in [0.05, 0.1) is 6.04 Å². The molecule has 0 aliphatic heterocycles. The van der Waals surface area contributed by atoms with Gasteiger partial charge in [0.2, 0.25) is 11.7 Å². The van der Waals surface area contributed by atoms with Crippen molar-refractivity contribution in [2.24, 2.45) is 5.73 Å². The lowest BCUT2D eigenvalue weighted by Crippen LogP contribution is -2.12. The van der Waals surface area contributed by atoms with E-state index in [1.807, 2.05) is 0 Å². The number of hydrogen-bond donors (Lipinski definition) is 2. The molecular weight excluding hydrogens is 237 g/mol. The van der Waals surface area contributed by atoms with Crippen molar-refractivity contribution in [1.29, 1.82) is 0 Å². The summed E-state index contributed by atoms with van der Waals surface area (Å²) in [6, 6.07) is 3.85. The van der Waals surface area contributed by atoms with E-state index < -0.39 is 6.04 Å². The van der Waals surface area contributed by atoms with Gasteiger partial charge in [-0.3, -0.25) is 0 Å². The van der Waals surface area contributed by atoms with Gasteiger partial charge in [-0.25, -0.2) is 4.39 Å². The second-order valence-electron chi connectivity index (χ2n) is 4.03. The van der Waals surface area contributed by atoms with Gasteiger partial charge in [0, 0.05) is 12.2 Å². The van der Waals surface area contributed by atoms with Crippen molar-refractivity contribution in [2.45, 2.75) is 19.4 Å². The minimum absolute atomic E-state index is 0.0472. The number of benzene rings is 1. The molecule has 1 aromatic heterocycles. The van der Waals surface area contributed by atoms with Crippen LogP contribution < -0.4 is 5.73 Å². The highest BCUT2D eigenvalue weighted by Gasteiger charge is 2.16.